The molecule has 1 atom stereocenters. The van der Waals surface area contributed by atoms with Gasteiger partial charge in [-0.15, -0.1) is 0 Å². The minimum absolute atomic E-state index is 0.0119. The van der Waals surface area contributed by atoms with Gasteiger partial charge in [-0.25, -0.2) is 9.97 Å². The normalized spacial score (nSPS) is 13.0. The molecule has 112 valence electrons. The van der Waals surface area contributed by atoms with Gasteiger partial charge in [0.1, 0.15) is 12.1 Å². The highest BCUT2D eigenvalue weighted by molar-refractivity contribution is 5.94. The number of imidazole rings is 1. The number of pyridine rings is 1. The Kier molecular flexibility index (Phi) is 4.11. The van der Waals surface area contributed by atoms with Crippen LogP contribution in [0.15, 0.2) is 37.1 Å². The quantitative estimate of drug-likeness (QED) is 0.871. The fourth-order valence-corrected chi connectivity index (χ4v) is 2.02. The molecule has 21 heavy (non-hydrogen) atoms. The Morgan fingerprint density at radius 1 is 1.33 bits per heavy atom. The Morgan fingerprint density at radius 3 is 2.52 bits per heavy atom. The molecule has 0 aliphatic carbocycles. The average molecular weight is 286 g/mol. The number of nitrogens with zero attached hydrogens (tertiary/aromatic N) is 4. The van der Waals surface area contributed by atoms with Crippen LogP contribution in [-0.4, -0.2) is 38.4 Å². The Hall–Kier alpha value is -2.17. The third kappa shape index (κ3) is 3.29. The van der Waals surface area contributed by atoms with E-state index in [0.717, 1.165) is 5.82 Å². The Bertz CT molecular complexity index is 596. The summed E-state index contributed by atoms with van der Waals surface area (Å²) in [5.41, 5.74) is 0.631. The van der Waals surface area contributed by atoms with Crippen molar-refractivity contribution in [2.24, 2.45) is 5.41 Å². The smallest absolute Gasteiger partial charge is 0.255 e. The van der Waals surface area contributed by atoms with Gasteiger partial charge in [-0.1, -0.05) is 20.8 Å². The summed E-state index contributed by atoms with van der Waals surface area (Å²) in [5.74, 6) is 0.734. The van der Waals surface area contributed by atoms with Crippen molar-refractivity contribution in [3.05, 3.63) is 42.6 Å². The van der Waals surface area contributed by atoms with Crippen LogP contribution in [0.2, 0.25) is 0 Å². The van der Waals surface area contributed by atoms with Crippen molar-refractivity contribution in [2.75, 3.05) is 7.05 Å². The highest BCUT2D eigenvalue weighted by atomic mass is 16.2. The zero-order valence-corrected chi connectivity index (χ0v) is 13.2. The first-order valence-corrected chi connectivity index (χ1v) is 7.02. The minimum Gasteiger partial charge on any atom is -0.338 e. The fraction of sp³-hybridized carbons (Fsp3) is 0.438. The maximum atomic E-state index is 12.5. The first-order valence-electron chi connectivity index (χ1n) is 7.02. The molecule has 2 rings (SSSR count). The second-order valence-corrected chi connectivity index (χ2v) is 6.33. The lowest BCUT2D eigenvalue weighted by Gasteiger charge is -2.35. The van der Waals surface area contributed by atoms with Crippen molar-refractivity contribution in [3.8, 4) is 5.82 Å². The molecule has 0 unspecified atom stereocenters. The number of carbonyl (C=O) groups is 1. The van der Waals surface area contributed by atoms with E-state index in [1.807, 2.05) is 19.3 Å². The summed E-state index contributed by atoms with van der Waals surface area (Å²) in [4.78, 5) is 22.6. The van der Waals surface area contributed by atoms with E-state index in [1.54, 1.807) is 34.3 Å². The molecule has 5 nitrogen and oxygen atoms in total. The van der Waals surface area contributed by atoms with E-state index in [2.05, 4.69) is 37.7 Å². The predicted octanol–water partition coefficient (Wildman–Crippen LogP) is 2.77. The van der Waals surface area contributed by atoms with E-state index >= 15 is 0 Å². The molecule has 0 N–H and O–H groups in total. The van der Waals surface area contributed by atoms with Crippen LogP contribution in [0.4, 0.5) is 0 Å². The van der Waals surface area contributed by atoms with E-state index in [-0.39, 0.29) is 17.4 Å². The largest absolute Gasteiger partial charge is 0.338 e. The van der Waals surface area contributed by atoms with Gasteiger partial charge in [0.2, 0.25) is 0 Å². The van der Waals surface area contributed by atoms with Crippen LogP contribution in [0.1, 0.15) is 38.1 Å². The molecule has 0 aromatic carbocycles. The monoisotopic (exact) mass is 286 g/mol. The molecule has 1 amide bonds. The highest BCUT2D eigenvalue weighted by Gasteiger charge is 2.27. The summed E-state index contributed by atoms with van der Waals surface area (Å²) < 4.78 is 1.80. The van der Waals surface area contributed by atoms with Crippen molar-refractivity contribution >= 4 is 5.91 Å². The molecule has 0 radical (unpaired) electrons. The summed E-state index contributed by atoms with van der Waals surface area (Å²) >= 11 is 0. The molecule has 2 heterocycles. The molecule has 0 spiro atoms. The van der Waals surface area contributed by atoms with Gasteiger partial charge < -0.3 is 4.90 Å². The standard InChI is InChI=1S/C16H22N4O/c1-12(16(2,3)4)19(5)15(21)13-6-7-14(18-10-13)20-9-8-17-11-20/h6-12H,1-5H3/t12-/m1/s1. The van der Waals surface area contributed by atoms with Gasteiger partial charge in [0, 0.05) is 31.7 Å². The second kappa shape index (κ2) is 5.68. The van der Waals surface area contributed by atoms with Gasteiger partial charge in [-0.05, 0) is 24.5 Å². The molecule has 0 saturated carbocycles. The number of carbonyl (C=O) groups excluding carboxylic acids is 1. The molecule has 0 fully saturated rings. The Balaban J connectivity index is 2.17. The van der Waals surface area contributed by atoms with E-state index in [0.29, 0.717) is 5.56 Å². The highest BCUT2D eigenvalue weighted by Crippen LogP contribution is 2.24. The minimum atomic E-state index is -0.0119. The van der Waals surface area contributed by atoms with Gasteiger partial charge in [-0.2, -0.15) is 0 Å². The lowest BCUT2D eigenvalue weighted by atomic mass is 9.87. The van der Waals surface area contributed by atoms with E-state index < -0.39 is 0 Å². The van der Waals surface area contributed by atoms with Crippen molar-refractivity contribution < 1.29 is 4.79 Å². The summed E-state index contributed by atoms with van der Waals surface area (Å²) in [6, 6.07) is 3.76. The molecule has 0 aliphatic rings. The second-order valence-electron chi connectivity index (χ2n) is 6.33. The van der Waals surface area contributed by atoms with Crippen molar-refractivity contribution in [3.63, 3.8) is 0 Å². The average Bonchev–Trinajstić information content (AvgIpc) is 2.98. The SMILES string of the molecule is C[C@@H](N(C)C(=O)c1ccc(-n2ccnc2)nc1)C(C)(C)C. The lowest BCUT2D eigenvalue weighted by molar-refractivity contribution is 0.0629. The summed E-state index contributed by atoms with van der Waals surface area (Å²) in [6.07, 6.45) is 6.80. The number of hydrogen-bond donors (Lipinski definition) is 0. The molecule has 5 heteroatoms. The zero-order valence-electron chi connectivity index (χ0n) is 13.2. The van der Waals surface area contributed by atoms with E-state index in [1.165, 1.54) is 0 Å². The molecule has 2 aromatic heterocycles. The van der Waals surface area contributed by atoms with Crippen LogP contribution in [0.5, 0.6) is 0 Å². The lowest BCUT2D eigenvalue weighted by Crippen LogP contribution is -2.43. The Labute approximate surface area is 125 Å². The van der Waals surface area contributed by atoms with Crippen LogP contribution in [-0.2, 0) is 0 Å². The van der Waals surface area contributed by atoms with Crippen LogP contribution < -0.4 is 0 Å². The van der Waals surface area contributed by atoms with Gasteiger partial charge in [0.05, 0.1) is 5.56 Å². The molecule has 0 saturated heterocycles. The zero-order chi connectivity index (χ0) is 15.6. The van der Waals surface area contributed by atoms with E-state index in [4.69, 9.17) is 0 Å². The first-order chi connectivity index (χ1) is 9.80. The molecule has 2 aromatic rings. The molecular formula is C16H22N4O. The molecule has 0 aliphatic heterocycles. The fourth-order valence-electron chi connectivity index (χ4n) is 2.02. The maximum absolute atomic E-state index is 12.5. The number of rotatable bonds is 3. The maximum Gasteiger partial charge on any atom is 0.255 e. The van der Waals surface area contributed by atoms with Gasteiger partial charge in [-0.3, -0.25) is 9.36 Å². The number of amides is 1. The van der Waals surface area contributed by atoms with E-state index in [9.17, 15) is 4.79 Å². The number of aromatic nitrogens is 3. The topological polar surface area (TPSA) is 51.0 Å². The van der Waals surface area contributed by atoms with Crippen molar-refractivity contribution in [1.29, 1.82) is 0 Å². The predicted molar refractivity (Wildman–Crippen MR) is 82.4 cm³/mol. The van der Waals surface area contributed by atoms with Gasteiger partial charge in [0.15, 0.2) is 0 Å². The van der Waals surface area contributed by atoms with Crippen LogP contribution in [0.3, 0.4) is 0 Å². The first kappa shape index (κ1) is 15.2. The Morgan fingerprint density at radius 2 is 2.05 bits per heavy atom. The third-order valence-electron chi connectivity index (χ3n) is 3.92. The van der Waals surface area contributed by atoms with Crippen LogP contribution in [0, 0.1) is 5.41 Å². The van der Waals surface area contributed by atoms with Gasteiger partial charge in [0.25, 0.3) is 5.91 Å². The van der Waals surface area contributed by atoms with Crippen molar-refractivity contribution in [1.82, 2.24) is 19.4 Å². The van der Waals surface area contributed by atoms with Crippen LogP contribution in [0.25, 0.3) is 5.82 Å². The molecule has 0 bridgehead atoms. The summed E-state index contributed by atoms with van der Waals surface area (Å²) in [6.45, 7) is 8.44. The number of hydrogen-bond acceptors (Lipinski definition) is 3. The third-order valence-corrected chi connectivity index (χ3v) is 3.92. The summed E-state index contributed by atoms with van der Waals surface area (Å²) in [7, 11) is 1.84. The van der Waals surface area contributed by atoms with Gasteiger partial charge >= 0.3 is 0 Å². The van der Waals surface area contributed by atoms with Crippen molar-refractivity contribution in [2.45, 2.75) is 33.7 Å². The van der Waals surface area contributed by atoms with Crippen LogP contribution >= 0.6 is 0 Å². The summed E-state index contributed by atoms with van der Waals surface area (Å²) in [5, 5.41) is 0. The molecular weight excluding hydrogens is 264 g/mol.